The molecule has 116 valence electrons. The van der Waals surface area contributed by atoms with Crippen LogP contribution >= 0.6 is 11.3 Å². The lowest BCUT2D eigenvalue weighted by molar-refractivity contribution is 0.0729. The molecule has 1 heterocycles. The molecule has 0 saturated carbocycles. The lowest BCUT2D eigenvalue weighted by Gasteiger charge is -2.21. The Hall–Kier alpha value is -2.18. The first-order chi connectivity index (χ1) is 10.6. The molecule has 3 N–H and O–H groups in total. The molecule has 5 nitrogen and oxygen atoms in total. The summed E-state index contributed by atoms with van der Waals surface area (Å²) < 4.78 is 0. The van der Waals surface area contributed by atoms with Gasteiger partial charge in [-0.05, 0) is 18.1 Å². The standard InChI is InChI=1S/C16H18N2O3S/c17-15(20)13-10-14(22-11-13)16(21)18(8-9-19)7-6-12-4-2-1-3-5-12/h1-5,10-11,19H,6-9H2,(H2,17,20). The Labute approximate surface area is 133 Å². The van der Waals surface area contributed by atoms with Gasteiger partial charge in [-0.25, -0.2) is 0 Å². The van der Waals surface area contributed by atoms with Crippen molar-refractivity contribution < 1.29 is 14.7 Å². The maximum Gasteiger partial charge on any atom is 0.264 e. The van der Waals surface area contributed by atoms with Crippen LogP contribution in [0.1, 0.15) is 25.6 Å². The predicted molar refractivity (Wildman–Crippen MR) is 86.0 cm³/mol. The van der Waals surface area contributed by atoms with Crippen LogP contribution in [0.15, 0.2) is 41.8 Å². The van der Waals surface area contributed by atoms with E-state index in [1.54, 1.807) is 10.3 Å². The van der Waals surface area contributed by atoms with Gasteiger partial charge in [-0.3, -0.25) is 9.59 Å². The van der Waals surface area contributed by atoms with Gasteiger partial charge in [-0.2, -0.15) is 0 Å². The third-order valence-electron chi connectivity index (χ3n) is 3.27. The van der Waals surface area contributed by atoms with Crippen molar-refractivity contribution in [2.24, 2.45) is 5.73 Å². The van der Waals surface area contributed by atoms with E-state index in [-0.39, 0.29) is 19.1 Å². The summed E-state index contributed by atoms with van der Waals surface area (Å²) >= 11 is 1.19. The van der Waals surface area contributed by atoms with E-state index in [4.69, 9.17) is 10.8 Å². The summed E-state index contributed by atoms with van der Waals surface area (Å²) in [5.41, 5.74) is 6.66. The number of thiophene rings is 1. The topological polar surface area (TPSA) is 83.6 Å². The predicted octanol–water partition coefficient (Wildman–Crippen LogP) is 1.52. The first-order valence-electron chi connectivity index (χ1n) is 6.94. The van der Waals surface area contributed by atoms with Crippen LogP contribution in [-0.2, 0) is 6.42 Å². The third-order valence-corrected chi connectivity index (χ3v) is 4.18. The maximum absolute atomic E-state index is 12.5. The lowest BCUT2D eigenvalue weighted by atomic mass is 10.1. The van der Waals surface area contributed by atoms with Crippen molar-refractivity contribution in [3.05, 3.63) is 57.8 Å². The molecule has 0 saturated heterocycles. The Morgan fingerprint density at radius 2 is 1.91 bits per heavy atom. The summed E-state index contributed by atoms with van der Waals surface area (Å²) in [6.07, 6.45) is 0.709. The molecule has 0 fully saturated rings. The monoisotopic (exact) mass is 318 g/mol. The van der Waals surface area contributed by atoms with Gasteiger partial charge in [0.05, 0.1) is 17.0 Å². The summed E-state index contributed by atoms with van der Waals surface area (Å²) in [4.78, 5) is 25.6. The minimum atomic E-state index is -0.548. The maximum atomic E-state index is 12.5. The number of aliphatic hydroxyl groups excluding tert-OH is 1. The Morgan fingerprint density at radius 3 is 2.50 bits per heavy atom. The number of aliphatic hydroxyl groups is 1. The Kier molecular flexibility index (Phi) is 5.68. The molecule has 0 unspecified atom stereocenters. The number of nitrogens with zero attached hydrogens (tertiary/aromatic N) is 1. The molecular formula is C16H18N2O3S. The van der Waals surface area contributed by atoms with Crippen LogP contribution in [-0.4, -0.2) is 41.5 Å². The SMILES string of the molecule is NC(=O)c1csc(C(=O)N(CCO)CCc2ccccc2)c1. The Bertz CT molecular complexity index is 640. The van der Waals surface area contributed by atoms with Gasteiger partial charge in [0.25, 0.3) is 5.91 Å². The number of amides is 2. The van der Waals surface area contributed by atoms with E-state index in [2.05, 4.69) is 0 Å². The minimum Gasteiger partial charge on any atom is -0.395 e. The second kappa shape index (κ2) is 7.72. The van der Waals surface area contributed by atoms with E-state index < -0.39 is 5.91 Å². The quantitative estimate of drug-likeness (QED) is 0.812. The van der Waals surface area contributed by atoms with Gasteiger partial charge in [-0.1, -0.05) is 30.3 Å². The number of hydrogen-bond acceptors (Lipinski definition) is 4. The fraction of sp³-hybridized carbons (Fsp3) is 0.250. The van der Waals surface area contributed by atoms with Crippen molar-refractivity contribution in [2.45, 2.75) is 6.42 Å². The molecule has 6 heteroatoms. The second-order valence-corrected chi connectivity index (χ2v) is 5.73. The molecule has 2 rings (SSSR count). The first kappa shape index (κ1) is 16.2. The fourth-order valence-corrected chi connectivity index (χ4v) is 2.94. The normalized spacial score (nSPS) is 10.4. The molecule has 1 aromatic heterocycles. The number of rotatable bonds is 7. The highest BCUT2D eigenvalue weighted by Crippen LogP contribution is 2.17. The van der Waals surface area contributed by atoms with Crippen molar-refractivity contribution in [1.29, 1.82) is 0 Å². The fourth-order valence-electron chi connectivity index (χ4n) is 2.08. The zero-order valence-electron chi connectivity index (χ0n) is 12.1. The minimum absolute atomic E-state index is 0.103. The summed E-state index contributed by atoms with van der Waals surface area (Å²) in [5, 5.41) is 10.7. The Morgan fingerprint density at radius 1 is 1.18 bits per heavy atom. The van der Waals surface area contributed by atoms with Gasteiger partial charge >= 0.3 is 0 Å². The Balaban J connectivity index is 2.05. The zero-order valence-corrected chi connectivity index (χ0v) is 12.9. The smallest absolute Gasteiger partial charge is 0.264 e. The molecule has 0 radical (unpaired) electrons. The number of hydrogen-bond donors (Lipinski definition) is 2. The molecule has 0 aliphatic rings. The number of primary amides is 1. The highest BCUT2D eigenvalue weighted by Gasteiger charge is 2.18. The third kappa shape index (κ3) is 4.16. The van der Waals surface area contributed by atoms with Gasteiger partial charge in [-0.15, -0.1) is 11.3 Å². The van der Waals surface area contributed by atoms with E-state index >= 15 is 0 Å². The molecule has 0 spiro atoms. The molecule has 0 atom stereocenters. The number of carbonyl (C=O) groups is 2. The average molecular weight is 318 g/mol. The molecule has 0 bridgehead atoms. The van der Waals surface area contributed by atoms with Crippen LogP contribution in [0.3, 0.4) is 0 Å². The highest BCUT2D eigenvalue weighted by molar-refractivity contribution is 7.12. The van der Waals surface area contributed by atoms with Crippen LogP contribution in [0.2, 0.25) is 0 Å². The van der Waals surface area contributed by atoms with Gasteiger partial charge in [0.1, 0.15) is 0 Å². The number of nitrogens with two attached hydrogens (primary N) is 1. The van der Waals surface area contributed by atoms with Gasteiger partial charge < -0.3 is 15.7 Å². The van der Waals surface area contributed by atoms with Crippen LogP contribution in [0, 0.1) is 0 Å². The van der Waals surface area contributed by atoms with Gasteiger partial charge in [0, 0.05) is 18.5 Å². The number of benzene rings is 1. The van der Waals surface area contributed by atoms with Crippen LogP contribution < -0.4 is 5.73 Å². The molecule has 0 aliphatic carbocycles. The van der Waals surface area contributed by atoms with E-state index in [1.807, 2.05) is 30.3 Å². The van der Waals surface area contributed by atoms with Gasteiger partial charge in [0.2, 0.25) is 5.91 Å². The summed E-state index contributed by atoms with van der Waals surface area (Å²) in [6.45, 7) is 0.664. The summed E-state index contributed by atoms with van der Waals surface area (Å²) in [7, 11) is 0. The first-order valence-corrected chi connectivity index (χ1v) is 7.82. The molecule has 0 aliphatic heterocycles. The molecule has 1 aromatic carbocycles. The summed E-state index contributed by atoms with van der Waals surface area (Å²) in [5.74, 6) is -0.740. The zero-order chi connectivity index (χ0) is 15.9. The van der Waals surface area contributed by atoms with Crippen molar-refractivity contribution in [3.63, 3.8) is 0 Å². The highest BCUT2D eigenvalue weighted by atomic mass is 32.1. The molecular weight excluding hydrogens is 300 g/mol. The molecule has 22 heavy (non-hydrogen) atoms. The van der Waals surface area contributed by atoms with E-state index in [0.29, 0.717) is 23.4 Å². The van der Waals surface area contributed by atoms with Crippen LogP contribution in [0.4, 0.5) is 0 Å². The van der Waals surface area contributed by atoms with Crippen molar-refractivity contribution >= 4 is 23.2 Å². The summed E-state index contributed by atoms with van der Waals surface area (Å²) in [6, 6.07) is 11.3. The van der Waals surface area contributed by atoms with Crippen LogP contribution in [0.25, 0.3) is 0 Å². The van der Waals surface area contributed by atoms with Crippen molar-refractivity contribution in [1.82, 2.24) is 4.90 Å². The molecule has 2 aromatic rings. The largest absolute Gasteiger partial charge is 0.395 e. The van der Waals surface area contributed by atoms with E-state index in [1.165, 1.54) is 17.4 Å². The lowest BCUT2D eigenvalue weighted by Crippen LogP contribution is -2.34. The van der Waals surface area contributed by atoms with E-state index in [0.717, 1.165) is 5.56 Å². The van der Waals surface area contributed by atoms with E-state index in [9.17, 15) is 9.59 Å². The van der Waals surface area contributed by atoms with Crippen molar-refractivity contribution in [2.75, 3.05) is 19.7 Å². The molecule has 2 amide bonds. The van der Waals surface area contributed by atoms with Crippen LogP contribution in [0.5, 0.6) is 0 Å². The average Bonchev–Trinajstić information content (AvgIpc) is 3.02. The van der Waals surface area contributed by atoms with Gasteiger partial charge in [0.15, 0.2) is 0 Å². The second-order valence-electron chi connectivity index (χ2n) is 4.82. The number of carbonyl (C=O) groups excluding carboxylic acids is 2. The van der Waals surface area contributed by atoms with Crippen molar-refractivity contribution in [3.8, 4) is 0 Å².